The highest BCUT2D eigenvalue weighted by Gasteiger charge is 2.19. The predicted octanol–water partition coefficient (Wildman–Crippen LogP) is 2.92. The topological polar surface area (TPSA) is 52.0 Å². The Hall–Kier alpha value is -2.56. The van der Waals surface area contributed by atoms with Crippen LogP contribution in [-0.4, -0.2) is 27.7 Å². The second kappa shape index (κ2) is 4.77. The van der Waals surface area contributed by atoms with E-state index in [2.05, 4.69) is 27.9 Å². The lowest BCUT2D eigenvalue weighted by Crippen LogP contribution is -2.18. The summed E-state index contributed by atoms with van der Waals surface area (Å²) in [5.74, 6) is 1.82. The van der Waals surface area contributed by atoms with Crippen LogP contribution in [0.2, 0.25) is 0 Å². The summed E-state index contributed by atoms with van der Waals surface area (Å²) in [6.07, 6.45) is 3.61. The minimum atomic E-state index is 0.678. The second-order valence-electron chi connectivity index (χ2n) is 5.00. The highest BCUT2D eigenvalue weighted by Crippen LogP contribution is 2.38. The van der Waals surface area contributed by atoms with Gasteiger partial charge >= 0.3 is 0 Å². The Morgan fingerprint density at radius 3 is 3.19 bits per heavy atom. The van der Waals surface area contributed by atoms with Crippen LogP contribution in [0.4, 0.5) is 5.69 Å². The number of aryl methyl sites for hydroxylation is 1. The normalized spacial score (nSPS) is 13.6. The number of hydrogen-bond donors (Lipinski definition) is 1. The molecule has 0 fully saturated rings. The standard InChI is InChI=1S/C16H16N4O/c1-2-20-14-6-7-17-10-13(14)19-16(20)11-4-3-5-12-15(11)21-9-8-18-12/h3-7,10,18H,2,8-9H2,1H3. The van der Waals surface area contributed by atoms with Crippen LogP contribution in [0.3, 0.4) is 0 Å². The summed E-state index contributed by atoms with van der Waals surface area (Å²) < 4.78 is 8.07. The van der Waals surface area contributed by atoms with Gasteiger partial charge in [0, 0.05) is 19.3 Å². The van der Waals surface area contributed by atoms with Gasteiger partial charge in [0.25, 0.3) is 0 Å². The van der Waals surface area contributed by atoms with Gasteiger partial charge in [-0.15, -0.1) is 0 Å². The van der Waals surface area contributed by atoms with Gasteiger partial charge in [-0.1, -0.05) is 6.07 Å². The molecule has 21 heavy (non-hydrogen) atoms. The van der Waals surface area contributed by atoms with Crippen molar-refractivity contribution in [2.75, 3.05) is 18.5 Å². The van der Waals surface area contributed by atoms with Crippen molar-refractivity contribution in [1.82, 2.24) is 14.5 Å². The zero-order valence-electron chi connectivity index (χ0n) is 11.8. The number of nitrogens with zero attached hydrogens (tertiary/aromatic N) is 3. The molecular formula is C16H16N4O. The molecule has 0 atom stereocenters. The average molecular weight is 280 g/mol. The van der Waals surface area contributed by atoms with E-state index in [-0.39, 0.29) is 0 Å². The Morgan fingerprint density at radius 2 is 2.29 bits per heavy atom. The minimum absolute atomic E-state index is 0.678. The fourth-order valence-corrected chi connectivity index (χ4v) is 2.85. The number of fused-ring (bicyclic) bond motifs is 2. The molecule has 0 aliphatic carbocycles. The van der Waals surface area contributed by atoms with E-state index < -0.39 is 0 Å². The molecule has 4 rings (SSSR count). The fraction of sp³-hybridized carbons (Fsp3) is 0.250. The number of pyridine rings is 1. The van der Waals surface area contributed by atoms with Gasteiger partial charge in [0.2, 0.25) is 0 Å². The molecule has 0 saturated heterocycles. The van der Waals surface area contributed by atoms with E-state index in [1.807, 2.05) is 18.2 Å². The molecule has 1 N–H and O–H groups in total. The van der Waals surface area contributed by atoms with E-state index in [1.165, 1.54) is 0 Å². The van der Waals surface area contributed by atoms with E-state index in [0.29, 0.717) is 6.61 Å². The Morgan fingerprint density at radius 1 is 1.33 bits per heavy atom. The van der Waals surface area contributed by atoms with Crippen molar-refractivity contribution in [2.45, 2.75) is 13.5 Å². The summed E-state index contributed by atoms with van der Waals surface area (Å²) in [5, 5.41) is 3.37. The van der Waals surface area contributed by atoms with E-state index >= 15 is 0 Å². The summed E-state index contributed by atoms with van der Waals surface area (Å²) in [7, 11) is 0. The van der Waals surface area contributed by atoms with E-state index in [1.54, 1.807) is 12.4 Å². The maximum Gasteiger partial charge on any atom is 0.153 e. The molecule has 5 heteroatoms. The number of imidazole rings is 1. The largest absolute Gasteiger partial charge is 0.489 e. The SMILES string of the molecule is CCn1c(-c2cccc3c2OCCN3)nc2cnccc21. The van der Waals surface area contributed by atoms with Gasteiger partial charge in [0.15, 0.2) is 5.75 Å². The molecule has 0 saturated carbocycles. The minimum Gasteiger partial charge on any atom is -0.489 e. The molecular weight excluding hydrogens is 264 g/mol. The van der Waals surface area contributed by atoms with Crippen LogP contribution in [0.15, 0.2) is 36.7 Å². The van der Waals surface area contributed by atoms with Gasteiger partial charge < -0.3 is 14.6 Å². The molecule has 0 unspecified atom stereocenters. The average Bonchev–Trinajstić information content (AvgIpc) is 2.92. The summed E-state index contributed by atoms with van der Waals surface area (Å²) >= 11 is 0. The number of rotatable bonds is 2. The van der Waals surface area contributed by atoms with Crippen molar-refractivity contribution in [3.05, 3.63) is 36.7 Å². The quantitative estimate of drug-likeness (QED) is 0.784. The third-order valence-electron chi connectivity index (χ3n) is 3.79. The Bertz CT molecular complexity index is 809. The zero-order valence-corrected chi connectivity index (χ0v) is 11.8. The molecule has 0 amide bonds. The maximum absolute atomic E-state index is 5.87. The van der Waals surface area contributed by atoms with Gasteiger partial charge in [-0.3, -0.25) is 4.98 Å². The highest BCUT2D eigenvalue weighted by atomic mass is 16.5. The number of benzene rings is 1. The Kier molecular flexibility index (Phi) is 2.77. The van der Waals surface area contributed by atoms with Crippen LogP contribution in [-0.2, 0) is 6.54 Å². The van der Waals surface area contributed by atoms with Gasteiger partial charge in [-0.25, -0.2) is 4.98 Å². The predicted molar refractivity (Wildman–Crippen MR) is 82.6 cm³/mol. The smallest absolute Gasteiger partial charge is 0.153 e. The lowest BCUT2D eigenvalue weighted by molar-refractivity contribution is 0.324. The molecule has 1 aliphatic rings. The lowest BCUT2D eigenvalue weighted by atomic mass is 10.1. The number of ether oxygens (including phenoxy) is 1. The number of nitrogens with one attached hydrogen (secondary N) is 1. The number of para-hydroxylation sites is 1. The molecule has 2 aromatic heterocycles. The molecule has 106 valence electrons. The Balaban J connectivity index is 1.98. The van der Waals surface area contributed by atoms with Gasteiger partial charge in [0.05, 0.1) is 23.0 Å². The number of hydrogen-bond acceptors (Lipinski definition) is 4. The van der Waals surface area contributed by atoms with Gasteiger partial charge in [0.1, 0.15) is 17.9 Å². The molecule has 0 radical (unpaired) electrons. The first-order chi connectivity index (χ1) is 10.4. The highest BCUT2D eigenvalue weighted by molar-refractivity contribution is 5.83. The molecule has 3 heterocycles. The maximum atomic E-state index is 5.87. The number of aromatic nitrogens is 3. The van der Waals surface area contributed by atoms with Crippen molar-refractivity contribution in [1.29, 1.82) is 0 Å². The van der Waals surface area contributed by atoms with E-state index in [4.69, 9.17) is 9.72 Å². The molecule has 0 spiro atoms. The monoisotopic (exact) mass is 280 g/mol. The van der Waals surface area contributed by atoms with E-state index in [0.717, 1.165) is 46.9 Å². The summed E-state index contributed by atoms with van der Waals surface area (Å²) in [6.45, 7) is 4.50. The van der Waals surface area contributed by atoms with Crippen molar-refractivity contribution in [3.8, 4) is 17.1 Å². The van der Waals surface area contributed by atoms with Crippen LogP contribution in [0.25, 0.3) is 22.4 Å². The summed E-state index contributed by atoms with van der Waals surface area (Å²) in [4.78, 5) is 8.92. The lowest BCUT2D eigenvalue weighted by Gasteiger charge is -2.21. The second-order valence-corrected chi connectivity index (χ2v) is 5.00. The Labute approximate surface area is 122 Å². The van der Waals surface area contributed by atoms with Gasteiger partial charge in [-0.2, -0.15) is 0 Å². The van der Waals surface area contributed by atoms with Crippen LogP contribution >= 0.6 is 0 Å². The van der Waals surface area contributed by atoms with Crippen LogP contribution in [0, 0.1) is 0 Å². The third-order valence-corrected chi connectivity index (χ3v) is 3.79. The van der Waals surface area contributed by atoms with Crippen LogP contribution < -0.4 is 10.1 Å². The molecule has 5 nitrogen and oxygen atoms in total. The third kappa shape index (κ3) is 1.85. The van der Waals surface area contributed by atoms with E-state index in [9.17, 15) is 0 Å². The van der Waals surface area contributed by atoms with Crippen molar-refractivity contribution < 1.29 is 4.74 Å². The fourth-order valence-electron chi connectivity index (χ4n) is 2.85. The first kappa shape index (κ1) is 12.2. The molecule has 3 aromatic rings. The van der Waals surface area contributed by atoms with Crippen LogP contribution in [0.5, 0.6) is 5.75 Å². The van der Waals surface area contributed by atoms with Crippen LogP contribution in [0.1, 0.15) is 6.92 Å². The number of anilines is 1. The first-order valence-corrected chi connectivity index (χ1v) is 7.19. The van der Waals surface area contributed by atoms with Crippen molar-refractivity contribution in [3.63, 3.8) is 0 Å². The van der Waals surface area contributed by atoms with Crippen molar-refractivity contribution in [2.24, 2.45) is 0 Å². The first-order valence-electron chi connectivity index (χ1n) is 7.19. The molecule has 1 aliphatic heterocycles. The van der Waals surface area contributed by atoms with Crippen molar-refractivity contribution >= 4 is 16.7 Å². The van der Waals surface area contributed by atoms with Gasteiger partial charge in [-0.05, 0) is 25.1 Å². The summed E-state index contributed by atoms with van der Waals surface area (Å²) in [5.41, 5.74) is 4.07. The molecule has 0 bridgehead atoms. The summed E-state index contributed by atoms with van der Waals surface area (Å²) in [6, 6.07) is 8.14. The molecule has 1 aromatic carbocycles. The zero-order chi connectivity index (χ0) is 14.2.